The van der Waals surface area contributed by atoms with E-state index in [1.807, 2.05) is 42.5 Å². The molecule has 0 amide bonds. The van der Waals surface area contributed by atoms with E-state index in [2.05, 4.69) is 45.0 Å². The van der Waals surface area contributed by atoms with Gasteiger partial charge in [0.1, 0.15) is 6.10 Å². The van der Waals surface area contributed by atoms with Crippen molar-refractivity contribution in [3.8, 4) is 0 Å². The van der Waals surface area contributed by atoms with Crippen LogP contribution in [0.5, 0.6) is 0 Å². The summed E-state index contributed by atoms with van der Waals surface area (Å²) in [4.78, 5) is 12.8. The molecule has 0 saturated carbocycles. The van der Waals surface area contributed by atoms with Gasteiger partial charge in [0, 0.05) is 0 Å². The van der Waals surface area contributed by atoms with E-state index < -0.39 is 32.8 Å². The molecule has 1 fully saturated rings. The van der Waals surface area contributed by atoms with Crippen LogP contribution in [0.4, 0.5) is 0 Å². The van der Waals surface area contributed by atoms with E-state index >= 15 is 0 Å². The molecule has 6 heteroatoms. The molecule has 3 aromatic rings. The average Bonchev–Trinajstić information content (AvgIpc) is 3.17. The Kier molecular flexibility index (Phi) is 6.81. The van der Waals surface area contributed by atoms with Crippen LogP contribution < -0.4 is 10.4 Å². The quantitative estimate of drug-likeness (QED) is 0.449. The number of carbonyl (C=O) groups excluding carboxylic acids is 1. The van der Waals surface area contributed by atoms with Gasteiger partial charge < -0.3 is 19.0 Å². The van der Waals surface area contributed by atoms with Crippen molar-refractivity contribution in [2.75, 3.05) is 6.61 Å². The summed E-state index contributed by atoms with van der Waals surface area (Å²) in [5.74, 6) is -0.513. The van der Waals surface area contributed by atoms with E-state index in [1.54, 1.807) is 24.3 Å². The van der Waals surface area contributed by atoms with E-state index in [-0.39, 0.29) is 11.6 Å². The maximum Gasteiger partial charge on any atom is 0.338 e. The van der Waals surface area contributed by atoms with Crippen LogP contribution in [-0.4, -0.2) is 44.5 Å². The highest BCUT2D eigenvalue weighted by Gasteiger charge is 2.54. The zero-order valence-corrected chi connectivity index (χ0v) is 20.2. The van der Waals surface area contributed by atoms with E-state index in [0.717, 1.165) is 10.4 Å². The first-order valence-electron chi connectivity index (χ1n) is 11.2. The topological polar surface area (TPSA) is 65.0 Å². The molecule has 1 N–H and O–H groups in total. The van der Waals surface area contributed by atoms with Crippen LogP contribution in [0.25, 0.3) is 0 Å². The predicted molar refractivity (Wildman–Crippen MR) is 130 cm³/mol. The first kappa shape index (κ1) is 23.4. The lowest BCUT2D eigenvalue weighted by Crippen LogP contribution is -2.68. The molecule has 0 aromatic heterocycles. The first-order valence-corrected chi connectivity index (χ1v) is 13.1. The smallest absolute Gasteiger partial charge is 0.338 e. The van der Waals surface area contributed by atoms with Gasteiger partial charge in [-0.25, -0.2) is 4.79 Å². The summed E-state index contributed by atoms with van der Waals surface area (Å²) in [6.07, 6.45) is -2.79. The summed E-state index contributed by atoms with van der Waals surface area (Å²) >= 11 is 0. The third kappa shape index (κ3) is 4.65. The van der Waals surface area contributed by atoms with Gasteiger partial charge in [0.2, 0.25) is 0 Å². The number of carbonyl (C=O) groups is 1. The maximum atomic E-state index is 12.8. The molecule has 1 heterocycles. The molecule has 172 valence electrons. The van der Waals surface area contributed by atoms with E-state index in [4.69, 9.17) is 13.9 Å². The second-order valence-electron chi connectivity index (χ2n) is 9.28. The summed E-state index contributed by atoms with van der Waals surface area (Å²) in [7, 11) is -2.90. The maximum absolute atomic E-state index is 12.8. The number of aliphatic hydroxyl groups excluding tert-OH is 1. The second-order valence-corrected chi connectivity index (χ2v) is 13.5. The van der Waals surface area contributed by atoms with Gasteiger partial charge in [-0.2, -0.15) is 0 Å². The molecule has 3 aromatic carbocycles. The van der Waals surface area contributed by atoms with Crippen molar-refractivity contribution < 1.29 is 23.8 Å². The Bertz CT molecular complexity index is 1010. The molecule has 1 aliphatic heterocycles. The Labute approximate surface area is 196 Å². The number of hydrogen-bond donors (Lipinski definition) is 1. The fourth-order valence-electron chi connectivity index (χ4n) is 4.49. The van der Waals surface area contributed by atoms with Gasteiger partial charge in [-0.3, -0.25) is 0 Å². The van der Waals surface area contributed by atoms with Crippen LogP contribution in [-0.2, 0) is 13.9 Å². The zero-order chi connectivity index (χ0) is 23.5. The lowest BCUT2D eigenvalue weighted by molar-refractivity contribution is -0.116. The van der Waals surface area contributed by atoms with Crippen molar-refractivity contribution in [3.63, 3.8) is 0 Å². The van der Waals surface area contributed by atoms with Crippen molar-refractivity contribution in [3.05, 3.63) is 96.6 Å². The van der Waals surface area contributed by atoms with Crippen LogP contribution in [0.1, 0.15) is 31.1 Å². The van der Waals surface area contributed by atoms with Gasteiger partial charge in [-0.15, -0.1) is 0 Å². The van der Waals surface area contributed by atoms with E-state index in [9.17, 15) is 9.90 Å². The number of benzene rings is 3. The average molecular weight is 463 g/mol. The Hall–Kier alpha value is -2.77. The molecule has 1 saturated heterocycles. The second kappa shape index (κ2) is 9.61. The SMILES string of the molecule is CC(C)(C)[Si](O[C@H]1COC(O)[C@@H]1OC(=O)c1ccccc1)(c1ccccc1)c1ccccc1. The molecule has 33 heavy (non-hydrogen) atoms. The minimum absolute atomic E-state index is 0.137. The van der Waals surface area contributed by atoms with Gasteiger partial charge in [-0.1, -0.05) is 99.6 Å². The molecule has 1 unspecified atom stereocenters. The van der Waals surface area contributed by atoms with Crippen LogP contribution in [0.3, 0.4) is 0 Å². The first-order chi connectivity index (χ1) is 15.8. The summed E-state index contributed by atoms with van der Waals surface area (Å²) in [5, 5.41) is 12.5. The monoisotopic (exact) mass is 462 g/mol. The lowest BCUT2D eigenvalue weighted by Gasteiger charge is -2.45. The number of rotatable bonds is 6. The van der Waals surface area contributed by atoms with Crippen LogP contribution >= 0.6 is 0 Å². The molecule has 0 aliphatic carbocycles. The number of hydrogen-bond acceptors (Lipinski definition) is 5. The fraction of sp³-hybridized carbons (Fsp3) is 0.296. The summed E-state index contributed by atoms with van der Waals surface area (Å²) < 4.78 is 18.3. The molecule has 0 radical (unpaired) electrons. The lowest BCUT2D eigenvalue weighted by atomic mass is 10.2. The van der Waals surface area contributed by atoms with Gasteiger partial charge in [-0.05, 0) is 27.5 Å². The largest absolute Gasteiger partial charge is 0.451 e. The molecule has 0 spiro atoms. The normalized spacial score (nSPS) is 21.0. The Balaban J connectivity index is 1.73. The van der Waals surface area contributed by atoms with Crippen LogP contribution in [0.15, 0.2) is 91.0 Å². The van der Waals surface area contributed by atoms with Crippen LogP contribution in [0, 0.1) is 0 Å². The molecule has 5 nitrogen and oxygen atoms in total. The van der Waals surface area contributed by atoms with Gasteiger partial charge in [0.05, 0.1) is 12.2 Å². The number of esters is 1. The molecule has 0 bridgehead atoms. The van der Waals surface area contributed by atoms with E-state index in [0.29, 0.717) is 5.56 Å². The Morgan fingerprint density at radius 1 is 0.879 bits per heavy atom. The minimum atomic E-state index is -2.90. The molecule has 4 rings (SSSR count). The summed E-state index contributed by atoms with van der Waals surface area (Å²) in [6.45, 7) is 6.67. The highest BCUT2D eigenvalue weighted by Crippen LogP contribution is 2.39. The third-order valence-corrected chi connectivity index (χ3v) is 11.1. The Morgan fingerprint density at radius 2 is 1.36 bits per heavy atom. The van der Waals surface area contributed by atoms with Crippen molar-refractivity contribution in [2.24, 2.45) is 0 Å². The minimum Gasteiger partial charge on any atom is -0.451 e. The van der Waals surface area contributed by atoms with Crippen molar-refractivity contribution in [1.82, 2.24) is 0 Å². The summed E-state index contributed by atoms with van der Waals surface area (Å²) in [6, 6.07) is 29.2. The summed E-state index contributed by atoms with van der Waals surface area (Å²) in [5.41, 5.74) is 0.417. The van der Waals surface area contributed by atoms with E-state index in [1.165, 1.54) is 0 Å². The predicted octanol–water partition coefficient (Wildman–Crippen LogP) is 3.51. The molecular weight excluding hydrogens is 432 g/mol. The van der Waals surface area contributed by atoms with Crippen molar-refractivity contribution in [1.29, 1.82) is 0 Å². The molecular formula is C27H30O5Si. The highest BCUT2D eigenvalue weighted by atomic mass is 28.4. The van der Waals surface area contributed by atoms with Crippen molar-refractivity contribution >= 4 is 24.7 Å². The van der Waals surface area contributed by atoms with Crippen LogP contribution in [0.2, 0.25) is 5.04 Å². The molecule has 1 aliphatic rings. The fourth-order valence-corrected chi connectivity index (χ4v) is 9.16. The van der Waals surface area contributed by atoms with Gasteiger partial charge in [0.15, 0.2) is 12.4 Å². The molecule has 3 atom stereocenters. The zero-order valence-electron chi connectivity index (χ0n) is 19.2. The van der Waals surface area contributed by atoms with Gasteiger partial charge in [0.25, 0.3) is 8.32 Å². The van der Waals surface area contributed by atoms with Crippen molar-refractivity contribution in [2.45, 2.75) is 44.3 Å². The van der Waals surface area contributed by atoms with Gasteiger partial charge >= 0.3 is 5.97 Å². The Morgan fingerprint density at radius 3 is 1.85 bits per heavy atom. The highest BCUT2D eigenvalue weighted by molar-refractivity contribution is 6.99. The number of aliphatic hydroxyl groups is 1. The standard InChI is InChI=1S/C27H30O5Si/c1-27(2,3)33(21-15-9-5-10-16-21,22-17-11-6-12-18-22)32-23-19-30-26(29)24(23)31-25(28)20-13-7-4-8-14-20/h4-18,23-24,26,29H,19H2,1-3H3/t23-,24+,26?/m0/s1. The number of ether oxygens (including phenoxy) is 2. The third-order valence-electron chi connectivity index (χ3n) is 6.08.